The average molecular weight is 266 g/mol. The lowest BCUT2D eigenvalue weighted by Crippen LogP contribution is -2.48. The zero-order valence-corrected chi connectivity index (χ0v) is 11.3. The zero-order chi connectivity index (χ0) is 12.8. The van der Waals surface area contributed by atoms with Gasteiger partial charge in [0.1, 0.15) is 0 Å². The van der Waals surface area contributed by atoms with Crippen LogP contribution in [0.5, 0.6) is 0 Å². The maximum absolute atomic E-state index is 11.7. The van der Waals surface area contributed by atoms with Gasteiger partial charge >= 0.3 is 0 Å². The Morgan fingerprint density at radius 1 is 1.39 bits per heavy atom. The Morgan fingerprint density at radius 3 is 3.06 bits per heavy atom. The minimum Gasteiger partial charge on any atom is -0.383 e. The molecular formula is C13H18N2O2S. The third kappa shape index (κ3) is 2.07. The fourth-order valence-corrected chi connectivity index (χ4v) is 4.42. The van der Waals surface area contributed by atoms with Crippen molar-refractivity contribution in [1.29, 1.82) is 0 Å². The molecular weight excluding hydrogens is 248 g/mol. The largest absolute Gasteiger partial charge is 0.383 e. The molecule has 0 aromatic heterocycles. The van der Waals surface area contributed by atoms with E-state index in [4.69, 9.17) is 0 Å². The SMILES string of the molecule is Cc1ccc2c(c1)N1CCS(=O)(=O)CC1CCN2. The van der Waals surface area contributed by atoms with Crippen LogP contribution in [0.4, 0.5) is 11.4 Å². The van der Waals surface area contributed by atoms with Gasteiger partial charge in [0.2, 0.25) is 0 Å². The predicted octanol–water partition coefficient (Wildman–Crippen LogP) is 1.41. The number of rotatable bonds is 0. The van der Waals surface area contributed by atoms with Gasteiger partial charge in [-0.3, -0.25) is 0 Å². The molecule has 0 amide bonds. The molecule has 1 atom stereocenters. The third-order valence-electron chi connectivity index (χ3n) is 3.79. The van der Waals surface area contributed by atoms with Gasteiger partial charge in [0, 0.05) is 19.1 Å². The molecule has 0 radical (unpaired) electrons. The highest BCUT2D eigenvalue weighted by molar-refractivity contribution is 7.91. The summed E-state index contributed by atoms with van der Waals surface area (Å²) < 4.78 is 23.5. The van der Waals surface area contributed by atoms with Crippen molar-refractivity contribution in [2.75, 3.05) is 34.8 Å². The van der Waals surface area contributed by atoms with Gasteiger partial charge in [-0.1, -0.05) is 6.07 Å². The molecule has 18 heavy (non-hydrogen) atoms. The van der Waals surface area contributed by atoms with Gasteiger partial charge in [0.25, 0.3) is 0 Å². The Balaban J connectivity index is 2.02. The van der Waals surface area contributed by atoms with Crippen LogP contribution in [0.3, 0.4) is 0 Å². The van der Waals surface area contributed by atoms with Crippen molar-refractivity contribution in [3.8, 4) is 0 Å². The topological polar surface area (TPSA) is 49.4 Å². The van der Waals surface area contributed by atoms with Crippen molar-refractivity contribution in [2.45, 2.75) is 19.4 Å². The number of aryl methyl sites for hydroxylation is 1. The molecule has 1 aromatic rings. The van der Waals surface area contributed by atoms with Gasteiger partial charge in [0.05, 0.1) is 22.9 Å². The number of benzene rings is 1. The maximum atomic E-state index is 11.7. The molecule has 1 N–H and O–H groups in total. The van der Waals surface area contributed by atoms with Gasteiger partial charge < -0.3 is 10.2 Å². The van der Waals surface area contributed by atoms with Crippen LogP contribution in [0.25, 0.3) is 0 Å². The molecule has 2 heterocycles. The van der Waals surface area contributed by atoms with Crippen LogP contribution < -0.4 is 10.2 Å². The number of hydrogen-bond acceptors (Lipinski definition) is 4. The fraction of sp³-hybridized carbons (Fsp3) is 0.538. The van der Waals surface area contributed by atoms with E-state index in [1.54, 1.807) is 0 Å². The van der Waals surface area contributed by atoms with Crippen LogP contribution in [0.1, 0.15) is 12.0 Å². The van der Waals surface area contributed by atoms with Crippen molar-refractivity contribution in [3.63, 3.8) is 0 Å². The van der Waals surface area contributed by atoms with Crippen molar-refractivity contribution in [2.24, 2.45) is 0 Å². The number of nitrogens with zero attached hydrogens (tertiary/aromatic N) is 1. The Kier molecular flexibility index (Phi) is 2.73. The monoisotopic (exact) mass is 266 g/mol. The van der Waals surface area contributed by atoms with E-state index >= 15 is 0 Å². The number of sulfone groups is 1. The van der Waals surface area contributed by atoms with Crippen molar-refractivity contribution < 1.29 is 8.42 Å². The summed E-state index contributed by atoms with van der Waals surface area (Å²) in [7, 11) is -2.85. The van der Waals surface area contributed by atoms with E-state index in [-0.39, 0.29) is 11.8 Å². The van der Waals surface area contributed by atoms with Gasteiger partial charge in [-0.05, 0) is 31.0 Å². The van der Waals surface area contributed by atoms with Crippen LogP contribution in [0.2, 0.25) is 0 Å². The predicted molar refractivity (Wildman–Crippen MR) is 74.1 cm³/mol. The summed E-state index contributed by atoms with van der Waals surface area (Å²) in [6, 6.07) is 6.46. The third-order valence-corrected chi connectivity index (χ3v) is 5.48. The van der Waals surface area contributed by atoms with Crippen LogP contribution in [-0.2, 0) is 9.84 Å². The summed E-state index contributed by atoms with van der Waals surface area (Å²) in [6.07, 6.45) is 0.882. The van der Waals surface area contributed by atoms with Crippen molar-refractivity contribution >= 4 is 21.2 Å². The molecule has 1 unspecified atom stereocenters. The van der Waals surface area contributed by atoms with E-state index in [1.807, 2.05) is 0 Å². The van der Waals surface area contributed by atoms with E-state index < -0.39 is 9.84 Å². The summed E-state index contributed by atoms with van der Waals surface area (Å²) >= 11 is 0. The number of fused-ring (bicyclic) bond motifs is 3. The average Bonchev–Trinajstić information content (AvgIpc) is 2.46. The Hall–Kier alpha value is -1.23. The van der Waals surface area contributed by atoms with E-state index in [1.165, 1.54) is 5.56 Å². The van der Waals surface area contributed by atoms with Crippen molar-refractivity contribution in [3.05, 3.63) is 23.8 Å². The first-order valence-corrected chi connectivity index (χ1v) is 8.19. The molecule has 2 aliphatic heterocycles. The molecule has 1 aromatic carbocycles. The highest BCUT2D eigenvalue weighted by Crippen LogP contribution is 2.33. The van der Waals surface area contributed by atoms with Crippen LogP contribution in [-0.4, -0.2) is 39.1 Å². The lowest BCUT2D eigenvalue weighted by molar-refractivity contribution is 0.550. The van der Waals surface area contributed by atoms with Gasteiger partial charge in [-0.25, -0.2) is 8.42 Å². The molecule has 0 aliphatic carbocycles. The Morgan fingerprint density at radius 2 is 2.22 bits per heavy atom. The van der Waals surface area contributed by atoms with E-state index in [9.17, 15) is 8.42 Å². The maximum Gasteiger partial charge on any atom is 0.154 e. The van der Waals surface area contributed by atoms with Crippen LogP contribution in [0, 0.1) is 6.92 Å². The normalized spacial score (nSPS) is 25.6. The quantitative estimate of drug-likeness (QED) is 0.771. The summed E-state index contributed by atoms with van der Waals surface area (Å²) in [5.41, 5.74) is 3.50. The zero-order valence-electron chi connectivity index (χ0n) is 10.5. The molecule has 2 aliphatic rings. The molecule has 98 valence electrons. The first kappa shape index (κ1) is 11.8. The Labute approximate surface area is 108 Å². The van der Waals surface area contributed by atoms with Crippen LogP contribution in [0.15, 0.2) is 18.2 Å². The second-order valence-corrected chi connectivity index (χ2v) is 7.43. The number of nitrogens with one attached hydrogen (secondary N) is 1. The lowest BCUT2D eigenvalue weighted by atomic mass is 10.1. The van der Waals surface area contributed by atoms with E-state index in [0.717, 1.165) is 24.3 Å². The molecule has 0 saturated carbocycles. The lowest BCUT2D eigenvalue weighted by Gasteiger charge is -2.36. The first-order chi connectivity index (χ1) is 8.55. The summed E-state index contributed by atoms with van der Waals surface area (Å²) in [5.74, 6) is 0.568. The minimum absolute atomic E-state index is 0.124. The molecule has 1 saturated heterocycles. The molecule has 1 fully saturated rings. The smallest absolute Gasteiger partial charge is 0.154 e. The fourth-order valence-electron chi connectivity index (χ4n) is 2.84. The first-order valence-electron chi connectivity index (χ1n) is 6.37. The highest BCUT2D eigenvalue weighted by atomic mass is 32.2. The van der Waals surface area contributed by atoms with E-state index in [2.05, 4.69) is 35.3 Å². The van der Waals surface area contributed by atoms with Crippen LogP contribution >= 0.6 is 0 Å². The minimum atomic E-state index is -2.85. The molecule has 0 bridgehead atoms. The van der Waals surface area contributed by atoms with Crippen molar-refractivity contribution in [1.82, 2.24) is 0 Å². The standard InChI is InChI=1S/C13H18N2O2S/c1-10-2-3-12-13(8-10)15-6-7-18(16,17)9-11(15)4-5-14-12/h2-3,8,11,14H,4-7,9H2,1H3. The van der Waals surface area contributed by atoms with Gasteiger partial charge in [-0.15, -0.1) is 0 Å². The highest BCUT2D eigenvalue weighted by Gasteiger charge is 2.33. The molecule has 3 rings (SSSR count). The summed E-state index contributed by atoms with van der Waals surface area (Å²) in [4.78, 5) is 2.27. The second kappa shape index (κ2) is 4.16. The van der Waals surface area contributed by atoms with Gasteiger partial charge in [0.15, 0.2) is 9.84 Å². The van der Waals surface area contributed by atoms with Gasteiger partial charge in [-0.2, -0.15) is 0 Å². The Bertz CT molecular complexity index is 568. The summed E-state index contributed by atoms with van der Waals surface area (Å²) in [6.45, 7) is 3.53. The number of hydrogen-bond donors (Lipinski definition) is 1. The molecule has 5 heteroatoms. The molecule has 0 spiro atoms. The second-order valence-electron chi connectivity index (χ2n) is 5.20. The molecule has 4 nitrogen and oxygen atoms in total. The number of anilines is 2. The van der Waals surface area contributed by atoms with E-state index in [0.29, 0.717) is 12.3 Å². The summed E-state index contributed by atoms with van der Waals surface area (Å²) in [5, 5.41) is 3.40.